The number of benzene rings is 1. The molecule has 1 fully saturated rings. The topological polar surface area (TPSA) is 69.9 Å². The molecule has 0 aliphatic carbocycles. The van der Waals surface area contributed by atoms with E-state index in [-0.39, 0.29) is 11.7 Å². The highest BCUT2D eigenvalue weighted by atomic mass is 16.1. The fraction of sp³-hybridized carbons (Fsp3) is 0.333. The molecule has 0 saturated carbocycles. The van der Waals surface area contributed by atoms with Gasteiger partial charge in [0.2, 0.25) is 0 Å². The van der Waals surface area contributed by atoms with Gasteiger partial charge in [-0.1, -0.05) is 29.8 Å². The van der Waals surface area contributed by atoms with Crippen molar-refractivity contribution in [2.24, 2.45) is 5.92 Å². The Balaban J connectivity index is 1.62. The Bertz CT molecular complexity index is 723. The molecule has 2 aromatic rings. The van der Waals surface area contributed by atoms with Gasteiger partial charge in [-0.2, -0.15) is 5.26 Å². The third kappa shape index (κ3) is 3.37. The second-order valence-electron chi connectivity index (χ2n) is 5.86. The molecule has 0 bridgehead atoms. The van der Waals surface area contributed by atoms with Crippen molar-refractivity contribution >= 4 is 11.6 Å². The summed E-state index contributed by atoms with van der Waals surface area (Å²) in [6.45, 7) is 3.58. The number of nitrogens with zero attached hydrogens (tertiary/aromatic N) is 4. The molecule has 23 heavy (non-hydrogen) atoms. The van der Waals surface area contributed by atoms with Crippen molar-refractivity contribution in [1.29, 1.82) is 5.26 Å². The van der Waals surface area contributed by atoms with Gasteiger partial charge in [-0.15, -0.1) is 0 Å². The molecule has 1 aliphatic heterocycles. The minimum atomic E-state index is 0.0697. The first-order valence-corrected chi connectivity index (χ1v) is 7.75. The average Bonchev–Trinajstić information content (AvgIpc) is 2.62. The number of hydrogen-bond donors (Lipinski definition) is 0. The summed E-state index contributed by atoms with van der Waals surface area (Å²) >= 11 is 0. The van der Waals surface area contributed by atoms with Crippen LogP contribution in [0.15, 0.2) is 36.7 Å². The van der Waals surface area contributed by atoms with Crippen LogP contribution >= 0.6 is 0 Å². The first kappa shape index (κ1) is 15.2. The van der Waals surface area contributed by atoms with Crippen LogP contribution in [0.3, 0.4) is 0 Å². The molecule has 0 unspecified atom stereocenters. The third-order valence-corrected chi connectivity index (χ3v) is 4.28. The third-order valence-electron chi connectivity index (χ3n) is 4.28. The van der Waals surface area contributed by atoms with E-state index >= 15 is 0 Å². The number of Topliss-reactive ketones (excluding diaryl/α,β-unsaturated/α-hetero) is 1. The number of piperidine rings is 1. The number of aryl methyl sites for hydroxylation is 1. The predicted molar refractivity (Wildman–Crippen MR) is 87.2 cm³/mol. The quantitative estimate of drug-likeness (QED) is 0.815. The van der Waals surface area contributed by atoms with Gasteiger partial charge >= 0.3 is 0 Å². The summed E-state index contributed by atoms with van der Waals surface area (Å²) in [6.07, 6.45) is 4.74. The monoisotopic (exact) mass is 306 g/mol. The minimum Gasteiger partial charge on any atom is -0.355 e. The lowest BCUT2D eigenvalue weighted by Crippen LogP contribution is -2.37. The number of hydrogen-bond acceptors (Lipinski definition) is 5. The molecule has 1 aromatic heterocycles. The van der Waals surface area contributed by atoms with Crippen LogP contribution in [0.25, 0.3) is 0 Å². The molecule has 3 rings (SSSR count). The van der Waals surface area contributed by atoms with Crippen molar-refractivity contribution in [2.75, 3.05) is 18.0 Å². The van der Waals surface area contributed by atoms with Crippen molar-refractivity contribution in [3.8, 4) is 6.07 Å². The molecule has 1 aliphatic rings. The Morgan fingerprint density at radius 2 is 1.87 bits per heavy atom. The molecular formula is C18H18N4O. The van der Waals surface area contributed by atoms with Crippen molar-refractivity contribution in [2.45, 2.75) is 19.8 Å². The first-order valence-electron chi connectivity index (χ1n) is 7.75. The van der Waals surface area contributed by atoms with E-state index in [1.807, 2.05) is 37.3 Å². The Hall–Kier alpha value is -2.74. The predicted octanol–water partition coefficient (Wildman–Crippen LogP) is 2.76. The van der Waals surface area contributed by atoms with Gasteiger partial charge in [0.15, 0.2) is 11.5 Å². The van der Waals surface area contributed by atoms with Gasteiger partial charge in [0, 0.05) is 24.6 Å². The van der Waals surface area contributed by atoms with Crippen LogP contribution in [0.1, 0.15) is 34.5 Å². The first-order chi connectivity index (χ1) is 11.2. The summed E-state index contributed by atoms with van der Waals surface area (Å²) in [4.78, 5) is 23.0. The van der Waals surface area contributed by atoms with E-state index in [0.717, 1.165) is 42.9 Å². The summed E-state index contributed by atoms with van der Waals surface area (Å²) in [5.74, 6) is 1.07. The second kappa shape index (κ2) is 6.57. The average molecular weight is 306 g/mol. The zero-order valence-electron chi connectivity index (χ0n) is 13.1. The van der Waals surface area contributed by atoms with Gasteiger partial charge in [-0.25, -0.2) is 9.97 Å². The van der Waals surface area contributed by atoms with E-state index in [9.17, 15) is 4.79 Å². The fourth-order valence-corrected chi connectivity index (χ4v) is 2.87. The zero-order valence-corrected chi connectivity index (χ0v) is 13.1. The highest BCUT2D eigenvalue weighted by molar-refractivity contribution is 5.98. The van der Waals surface area contributed by atoms with Crippen LogP contribution in [0.4, 0.5) is 5.82 Å². The number of ketones is 1. The largest absolute Gasteiger partial charge is 0.355 e. The van der Waals surface area contributed by atoms with Gasteiger partial charge in [0.25, 0.3) is 0 Å². The van der Waals surface area contributed by atoms with E-state index in [1.54, 1.807) is 6.20 Å². The zero-order chi connectivity index (χ0) is 16.2. The maximum Gasteiger partial charge on any atom is 0.166 e. The number of carbonyl (C=O) groups excluding carboxylic acids is 1. The Morgan fingerprint density at radius 3 is 2.43 bits per heavy atom. The molecular weight excluding hydrogens is 288 g/mol. The van der Waals surface area contributed by atoms with E-state index < -0.39 is 0 Å². The van der Waals surface area contributed by atoms with Gasteiger partial charge in [0.05, 0.1) is 12.4 Å². The molecule has 0 spiro atoms. The highest BCUT2D eigenvalue weighted by Crippen LogP contribution is 2.24. The Kier molecular flexibility index (Phi) is 4.33. The number of nitriles is 1. The maximum atomic E-state index is 12.6. The second-order valence-corrected chi connectivity index (χ2v) is 5.86. The molecule has 2 heterocycles. The summed E-state index contributed by atoms with van der Waals surface area (Å²) in [5, 5.41) is 8.76. The SMILES string of the molecule is Cc1ccc(C(=O)C2CCN(c3cnc(C#N)cn3)CC2)cc1. The van der Waals surface area contributed by atoms with Crippen molar-refractivity contribution < 1.29 is 4.79 Å². The number of anilines is 1. The molecule has 1 saturated heterocycles. The van der Waals surface area contributed by atoms with Crippen LogP contribution in [0.5, 0.6) is 0 Å². The highest BCUT2D eigenvalue weighted by Gasteiger charge is 2.26. The standard InChI is InChI=1S/C18H18N4O/c1-13-2-4-14(5-3-13)18(23)15-6-8-22(9-7-15)17-12-20-16(10-19)11-21-17/h2-5,11-12,15H,6-9H2,1H3. The van der Waals surface area contributed by atoms with Gasteiger partial charge in [-0.3, -0.25) is 4.79 Å². The Labute approximate surface area is 135 Å². The summed E-state index contributed by atoms with van der Waals surface area (Å²) in [7, 11) is 0. The molecule has 0 amide bonds. The van der Waals surface area contributed by atoms with Gasteiger partial charge in [-0.05, 0) is 19.8 Å². The summed E-state index contributed by atoms with van der Waals surface area (Å²) in [6, 6.07) is 9.75. The number of carbonyl (C=O) groups is 1. The van der Waals surface area contributed by atoms with Crippen molar-refractivity contribution in [3.63, 3.8) is 0 Å². The molecule has 0 atom stereocenters. The molecule has 0 radical (unpaired) electrons. The van der Waals surface area contributed by atoms with Crippen LogP contribution < -0.4 is 4.90 Å². The lowest BCUT2D eigenvalue weighted by molar-refractivity contribution is 0.0900. The van der Waals surface area contributed by atoms with Crippen LogP contribution in [0, 0.1) is 24.2 Å². The van der Waals surface area contributed by atoms with Crippen molar-refractivity contribution in [3.05, 3.63) is 53.5 Å². The maximum absolute atomic E-state index is 12.6. The van der Waals surface area contributed by atoms with E-state index in [4.69, 9.17) is 5.26 Å². The minimum absolute atomic E-state index is 0.0697. The lowest BCUT2D eigenvalue weighted by atomic mass is 9.88. The van der Waals surface area contributed by atoms with E-state index in [2.05, 4.69) is 14.9 Å². The van der Waals surface area contributed by atoms with Gasteiger partial charge in [0.1, 0.15) is 11.9 Å². The molecule has 5 nitrogen and oxygen atoms in total. The molecule has 116 valence electrons. The fourth-order valence-electron chi connectivity index (χ4n) is 2.87. The molecule has 1 aromatic carbocycles. The summed E-state index contributed by atoms with van der Waals surface area (Å²) < 4.78 is 0. The van der Waals surface area contributed by atoms with Crippen LogP contribution in [0.2, 0.25) is 0 Å². The summed E-state index contributed by atoms with van der Waals surface area (Å²) in [5.41, 5.74) is 2.28. The van der Waals surface area contributed by atoms with Crippen molar-refractivity contribution in [1.82, 2.24) is 9.97 Å². The molecule has 5 heteroatoms. The number of aromatic nitrogens is 2. The normalized spacial score (nSPS) is 15.2. The van der Waals surface area contributed by atoms with Crippen LogP contribution in [-0.2, 0) is 0 Å². The molecule has 0 N–H and O–H groups in total. The lowest BCUT2D eigenvalue weighted by Gasteiger charge is -2.31. The van der Waals surface area contributed by atoms with Gasteiger partial charge < -0.3 is 4.90 Å². The van der Waals surface area contributed by atoms with E-state index in [1.165, 1.54) is 6.20 Å². The number of rotatable bonds is 3. The smallest absolute Gasteiger partial charge is 0.166 e. The van der Waals surface area contributed by atoms with Crippen LogP contribution in [-0.4, -0.2) is 28.8 Å². The van der Waals surface area contributed by atoms with E-state index in [0.29, 0.717) is 5.69 Å². The Morgan fingerprint density at radius 1 is 1.17 bits per heavy atom.